The van der Waals surface area contributed by atoms with E-state index in [-0.39, 0.29) is 18.2 Å². The highest BCUT2D eigenvalue weighted by Crippen LogP contribution is 2.35. The molecule has 23 heavy (non-hydrogen) atoms. The molecule has 4 rings (SSSR count). The van der Waals surface area contributed by atoms with Crippen molar-refractivity contribution in [3.63, 3.8) is 0 Å². The third-order valence-corrected chi connectivity index (χ3v) is 5.25. The average Bonchev–Trinajstić information content (AvgIpc) is 3.00. The summed E-state index contributed by atoms with van der Waals surface area (Å²) in [6.07, 6.45) is 2.47. The third-order valence-electron chi connectivity index (χ3n) is 5.25. The van der Waals surface area contributed by atoms with Gasteiger partial charge in [0.1, 0.15) is 5.82 Å². The van der Waals surface area contributed by atoms with Crippen LogP contribution < -0.4 is 5.32 Å². The average molecular weight is 317 g/mol. The molecule has 0 aromatic heterocycles. The lowest BCUT2D eigenvalue weighted by Crippen LogP contribution is -2.53. The number of halogens is 1. The minimum Gasteiger partial charge on any atom is -0.339 e. The Kier molecular flexibility index (Phi) is 3.56. The topological polar surface area (TPSA) is 52.7 Å². The van der Waals surface area contributed by atoms with Gasteiger partial charge in [-0.15, -0.1) is 0 Å². The Balaban J connectivity index is 1.58. The number of hydrogen-bond acceptors (Lipinski definition) is 3. The summed E-state index contributed by atoms with van der Waals surface area (Å²) in [5.74, 6) is -1.12. The monoisotopic (exact) mass is 317 g/mol. The van der Waals surface area contributed by atoms with Gasteiger partial charge in [0.05, 0.1) is 5.92 Å². The van der Waals surface area contributed by atoms with E-state index >= 15 is 0 Å². The molecular weight excluding hydrogens is 297 g/mol. The van der Waals surface area contributed by atoms with Gasteiger partial charge in [0.15, 0.2) is 0 Å². The van der Waals surface area contributed by atoms with Crippen molar-refractivity contribution in [3.05, 3.63) is 29.6 Å². The van der Waals surface area contributed by atoms with Crippen molar-refractivity contribution < 1.29 is 14.0 Å². The predicted molar refractivity (Wildman–Crippen MR) is 83.6 cm³/mol. The fourth-order valence-corrected chi connectivity index (χ4v) is 4.07. The summed E-state index contributed by atoms with van der Waals surface area (Å²) < 4.78 is 13.4. The summed E-state index contributed by atoms with van der Waals surface area (Å²) in [4.78, 5) is 29.2. The van der Waals surface area contributed by atoms with Crippen LogP contribution in [0.2, 0.25) is 0 Å². The number of nitrogens with zero attached hydrogens (tertiary/aromatic N) is 2. The van der Waals surface area contributed by atoms with Crippen LogP contribution in [0, 0.1) is 5.82 Å². The fourth-order valence-electron chi connectivity index (χ4n) is 4.07. The molecule has 6 heteroatoms. The zero-order valence-electron chi connectivity index (χ0n) is 12.9. The first-order valence-corrected chi connectivity index (χ1v) is 8.24. The first kappa shape index (κ1) is 14.6. The smallest absolute Gasteiger partial charge is 0.230 e. The van der Waals surface area contributed by atoms with Crippen LogP contribution in [0.25, 0.3) is 0 Å². The highest BCUT2D eigenvalue weighted by molar-refractivity contribution is 6.01. The van der Waals surface area contributed by atoms with Crippen molar-refractivity contribution >= 4 is 17.5 Å². The van der Waals surface area contributed by atoms with E-state index in [1.807, 2.05) is 4.90 Å². The van der Waals surface area contributed by atoms with E-state index in [9.17, 15) is 14.0 Å². The maximum absolute atomic E-state index is 13.4. The second kappa shape index (κ2) is 5.60. The Hall–Kier alpha value is -1.95. The first-order valence-electron chi connectivity index (χ1n) is 8.24. The Bertz CT molecular complexity index is 663. The van der Waals surface area contributed by atoms with Crippen LogP contribution in [0.4, 0.5) is 10.1 Å². The molecule has 2 atom stereocenters. The van der Waals surface area contributed by atoms with E-state index in [1.165, 1.54) is 18.6 Å². The van der Waals surface area contributed by atoms with Gasteiger partial charge >= 0.3 is 0 Å². The minimum absolute atomic E-state index is 0.000687. The van der Waals surface area contributed by atoms with Gasteiger partial charge in [-0.05, 0) is 37.1 Å². The largest absolute Gasteiger partial charge is 0.339 e. The molecular formula is C17H20FN3O2. The van der Waals surface area contributed by atoms with Crippen LogP contribution in [-0.2, 0) is 9.59 Å². The molecule has 3 aliphatic rings. The number of piperazine rings is 1. The maximum Gasteiger partial charge on any atom is 0.230 e. The third kappa shape index (κ3) is 2.61. The van der Waals surface area contributed by atoms with Gasteiger partial charge in [-0.3, -0.25) is 14.5 Å². The van der Waals surface area contributed by atoms with Gasteiger partial charge in [0, 0.05) is 37.8 Å². The van der Waals surface area contributed by atoms with Crippen LogP contribution in [-0.4, -0.2) is 53.8 Å². The number of nitrogens with one attached hydrogen (secondary N) is 1. The number of anilines is 1. The quantitative estimate of drug-likeness (QED) is 0.855. The number of fused-ring (bicyclic) bond motifs is 2. The number of carbonyl (C=O) groups is 2. The van der Waals surface area contributed by atoms with Crippen molar-refractivity contribution in [3.8, 4) is 0 Å². The van der Waals surface area contributed by atoms with E-state index < -0.39 is 11.7 Å². The molecule has 2 fully saturated rings. The number of benzene rings is 1. The fraction of sp³-hybridized carbons (Fsp3) is 0.529. The first-order chi connectivity index (χ1) is 11.1. The van der Waals surface area contributed by atoms with Crippen LogP contribution in [0.3, 0.4) is 0 Å². The normalized spacial score (nSPS) is 27.3. The van der Waals surface area contributed by atoms with Gasteiger partial charge in [-0.25, -0.2) is 4.39 Å². The van der Waals surface area contributed by atoms with Crippen molar-refractivity contribution in [2.75, 3.05) is 31.5 Å². The number of amides is 2. The molecule has 5 nitrogen and oxygen atoms in total. The summed E-state index contributed by atoms with van der Waals surface area (Å²) in [5.41, 5.74) is 1.16. The van der Waals surface area contributed by atoms with Gasteiger partial charge in [-0.2, -0.15) is 0 Å². The van der Waals surface area contributed by atoms with Crippen LogP contribution >= 0.6 is 0 Å². The van der Waals surface area contributed by atoms with Crippen molar-refractivity contribution in [1.29, 1.82) is 0 Å². The van der Waals surface area contributed by atoms with Crippen molar-refractivity contribution in [2.24, 2.45) is 0 Å². The zero-order chi connectivity index (χ0) is 16.0. The molecule has 1 N–H and O–H groups in total. The number of hydrogen-bond donors (Lipinski definition) is 1. The molecule has 0 aliphatic carbocycles. The lowest BCUT2D eigenvalue weighted by atomic mass is 9.89. The molecule has 0 radical (unpaired) electrons. The minimum atomic E-state index is -0.493. The lowest BCUT2D eigenvalue weighted by molar-refractivity contribution is -0.137. The molecule has 122 valence electrons. The number of carbonyl (C=O) groups excluding carboxylic acids is 2. The Morgan fingerprint density at radius 1 is 1.26 bits per heavy atom. The van der Waals surface area contributed by atoms with Gasteiger partial charge < -0.3 is 10.2 Å². The van der Waals surface area contributed by atoms with E-state index in [2.05, 4.69) is 10.2 Å². The van der Waals surface area contributed by atoms with Crippen LogP contribution in [0.1, 0.15) is 30.7 Å². The van der Waals surface area contributed by atoms with Crippen molar-refractivity contribution in [2.45, 2.75) is 31.2 Å². The molecule has 2 saturated heterocycles. The summed E-state index contributed by atoms with van der Waals surface area (Å²) in [5, 5.41) is 2.67. The SMILES string of the molecule is O=C1CC(C(=O)N2CCN3CCCC3C2)c2ccc(F)cc2N1. The summed E-state index contributed by atoms with van der Waals surface area (Å²) in [7, 11) is 0. The van der Waals surface area contributed by atoms with Gasteiger partial charge in [-0.1, -0.05) is 6.07 Å². The van der Waals surface area contributed by atoms with Crippen LogP contribution in [0.5, 0.6) is 0 Å². The number of rotatable bonds is 1. The standard InChI is InChI=1S/C17H20FN3O2/c18-11-3-4-13-14(9-16(22)19-15(13)8-11)17(23)21-7-6-20-5-1-2-12(20)10-21/h3-4,8,12,14H,1-2,5-7,9-10H2,(H,19,22). The molecule has 0 bridgehead atoms. The highest BCUT2D eigenvalue weighted by atomic mass is 19.1. The lowest BCUT2D eigenvalue weighted by Gasteiger charge is -2.39. The molecule has 3 heterocycles. The Morgan fingerprint density at radius 2 is 2.13 bits per heavy atom. The Labute approximate surface area is 134 Å². The maximum atomic E-state index is 13.4. The van der Waals surface area contributed by atoms with E-state index in [0.29, 0.717) is 18.3 Å². The summed E-state index contributed by atoms with van der Waals surface area (Å²) in [6, 6.07) is 4.73. The van der Waals surface area contributed by atoms with E-state index in [1.54, 1.807) is 6.07 Å². The molecule has 0 saturated carbocycles. The second-order valence-electron chi connectivity index (χ2n) is 6.65. The van der Waals surface area contributed by atoms with Gasteiger partial charge in [0.25, 0.3) is 0 Å². The molecule has 1 aromatic rings. The van der Waals surface area contributed by atoms with Crippen molar-refractivity contribution in [1.82, 2.24) is 9.80 Å². The highest BCUT2D eigenvalue weighted by Gasteiger charge is 2.38. The zero-order valence-corrected chi connectivity index (χ0v) is 12.9. The van der Waals surface area contributed by atoms with E-state index in [4.69, 9.17) is 0 Å². The van der Waals surface area contributed by atoms with E-state index in [0.717, 1.165) is 31.6 Å². The second-order valence-corrected chi connectivity index (χ2v) is 6.65. The molecule has 2 amide bonds. The van der Waals surface area contributed by atoms with Gasteiger partial charge in [0.2, 0.25) is 11.8 Å². The Morgan fingerprint density at radius 3 is 3.00 bits per heavy atom. The molecule has 3 aliphatic heterocycles. The predicted octanol–water partition coefficient (Wildman–Crippen LogP) is 1.56. The molecule has 0 spiro atoms. The van der Waals surface area contributed by atoms with Crippen LogP contribution in [0.15, 0.2) is 18.2 Å². The summed E-state index contributed by atoms with van der Waals surface area (Å²) >= 11 is 0. The molecule has 2 unspecified atom stereocenters. The summed E-state index contributed by atoms with van der Waals surface area (Å²) in [6.45, 7) is 3.49. The molecule has 1 aromatic carbocycles.